The van der Waals surface area contributed by atoms with E-state index >= 15 is 0 Å². The first kappa shape index (κ1) is 19.5. The standard InChI is InChI=1S/C17H22INO4/c1-17(2,3)12-8-11(9-13(18)16(12)23-5)10-15(21)19-14(20)6-7-22-4/h6-9H,10H2,1-5H3,(H,19,20,21)/b7-6+. The lowest BCUT2D eigenvalue weighted by Crippen LogP contribution is -2.30. The summed E-state index contributed by atoms with van der Waals surface area (Å²) in [6.07, 6.45) is 2.50. The summed E-state index contributed by atoms with van der Waals surface area (Å²) in [5.41, 5.74) is 1.75. The summed E-state index contributed by atoms with van der Waals surface area (Å²) < 4.78 is 11.1. The SMILES string of the molecule is CO/C=C/C(=O)NC(=O)Cc1cc(I)c(OC)c(C(C)(C)C)c1. The van der Waals surface area contributed by atoms with E-state index in [0.717, 1.165) is 26.5 Å². The Kier molecular flexibility index (Phi) is 7.05. The molecule has 2 amide bonds. The number of methoxy groups -OCH3 is 2. The van der Waals surface area contributed by atoms with Crippen LogP contribution in [0.4, 0.5) is 0 Å². The highest BCUT2D eigenvalue weighted by molar-refractivity contribution is 14.1. The topological polar surface area (TPSA) is 64.6 Å². The maximum Gasteiger partial charge on any atom is 0.253 e. The number of imide groups is 1. The van der Waals surface area contributed by atoms with E-state index in [-0.39, 0.29) is 17.7 Å². The van der Waals surface area contributed by atoms with E-state index in [0.29, 0.717) is 0 Å². The molecule has 0 radical (unpaired) electrons. The molecule has 6 heteroatoms. The highest BCUT2D eigenvalue weighted by Gasteiger charge is 2.22. The van der Waals surface area contributed by atoms with Crippen LogP contribution in [0.5, 0.6) is 5.75 Å². The van der Waals surface area contributed by atoms with Crippen LogP contribution in [-0.4, -0.2) is 26.0 Å². The fourth-order valence-electron chi connectivity index (χ4n) is 2.05. The summed E-state index contributed by atoms with van der Waals surface area (Å²) in [6.45, 7) is 6.26. The van der Waals surface area contributed by atoms with E-state index in [1.54, 1.807) is 7.11 Å². The number of ether oxygens (including phenoxy) is 2. The van der Waals surface area contributed by atoms with Crippen molar-refractivity contribution in [2.45, 2.75) is 32.6 Å². The van der Waals surface area contributed by atoms with E-state index in [4.69, 9.17) is 4.74 Å². The molecule has 0 unspecified atom stereocenters. The van der Waals surface area contributed by atoms with Gasteiger partial charge in [0.05, 0.1) is 30.5 Å². The molecule has 1 aromatic carbocycles. The summed E-state index contributed by atoms with van der Waals surface area (Å²) in [6, 6.07) is 3.85. The fraction of sp³-hybridized carbons (Fsp3) is 0.412. The molecule has 1 aromatic rings. The second kappa shape index (κ2) is 8.33. The average molecular weight is 431 g/mol. The number of hydrogen-bond acceptors (Lipinski definition) is 4. The number of rotatable bonds is 5. The van der Waals surface area contributed by atoms with Crippen LogP contribution in [0.1, 0.15) is 31.9 Å². The van der Waals surface area contributed by atoms with E-state index in [1.165, 1.54) is 13.4 Å². The van der Waals surface area contributed by atoms with Crippen LogP contribution < -0.4 is 10.1 Å². The van der Waals surface area contributed by atoms with Gasteiger partial charge in [0.1, 0.15) is 5.75 Å². The Labute approximate surface area is 150 Å². The zero-order valence-electron chi connectivity index (χ0n) is 14.0. The van der Waals surface area contributed by atoms with Gasteiger partial charge in [0.2, 0.25) is 5.91 Å². The summed E-state index contributed by atoms with van der Waals surface area (Å²) in [7, 11) is 3.07. The molecule has 0 fully saturated rings. The fourth-order valence-corrected chi connectivity index (χ4v) is 2.97. The van der Waals surface area contributed by atoms with Crippen LogP contribution in [0.2, 0.25) is 0 Å². The van der Waals surface area contributed by atoms with Crippen LogP contribution in [0, 0.1) is 3.57 Å². The van der Waals surface area contributed by atoms with Gasteiger partial charge < -0.3 is 9.47 Å². The monoisotopic (exact) mass is 431 g/mol. The van der Waals surface area contributed by atoms with Crippen molar-refractivity contribution >= 4 is 34.4 Å². The summed E-state index contributed by atoms with van der Waals surface area (Å²) in [4.78, 5) is 23.4. The van der Waals surface area contributed by atoms with Crippen LogP contribution in [0.3, 0.4) is 0 Å². The van der Waals surface area contributed by atoms with Gasteiger partial charge in [-0.25, -0.2) is 0 Å². The molecule has 0 bridgehead atoms. The molecule has 0 aliphatic carbocycles. The maximum absolute atomic E-state index is 12.0. The van der Waals surface area contributed by atoms with Gasteiger partial charge in [-0.05, 0) is 39.6 Å². The number of hydrogen-bond donors (Lipinski definition) is 1. The van der Waals surface area contributed by atoms with E-state index in [9.17, 15) is 9.59 Å². The Morgan fingerprint density at radius 2 is 1.91 bits per heavy atom. The molecular weight excluding hydrogens is 409 g/mol. The van der Waals surface area contributed by atoms with Crippen molar-refractivity contribution in [2.75, 3.05) is 14.2 Å². The molecule has 126 valence electrons. The Balaban J connectivity index is 2.97. The van der Waals surface area contributed by atoms with Crippen LogP contribution in [0.15, 0.2) is 24.5 Å². The van der Waals surface area contributed by atoms with E-state index in [1.807, 2.05) is 12.1 Å². The van der Waals surface area contributed by atoms with Crippen LogP contribution >= 0.6 is 22.6 Å². The molecule has 1 N–H and O–H groups in total. The number of amides is 2. The van der Waals surface area contributed by atoms with Crippen molar-refractivity contribution < 1.29 is 19.1 Å². The third kappa shape index (κ3) is 5.85. The molecule has 0 aliphatic heterocycles. The molecule has 0 aliphatic rings. The number of nitrogens with one attached hydrogen (secondary N) is 1. The highest BCUT2D eigenvalue weighted by Crippen LogP contribution is 2.36. The minimum absolute atomic E-state index is 0.116. The molecule has 0 saturated heterocycles. The van der Waals surface area contributed by atoms with E-state index in [2.05, 4.69) is 53.4 Å². The molecule has 0 heterocycles. The quantitative estimate of drug-likeness (QED) is 0.443. The Bertz CT molecular complexity index is 618. The number of halogens is 1. The maximum atomic E-state index is 12.0. The van der Waals surface area contributed by atoms with Crippen molar-refractivity contribution in [2.24, 2.45) is 0 Å². The van der Waals surface area contributed by atoms with Crippen molar-refractivity contribution in [3.8, 4) is 5.75 Å². The number of carbonyl (C=O) groups is 2. The average Bonchev–Trinajstić information content (AvgIpc) is 2.43. The zero-order valence-corrected chi connectivity index (χ0v) is 16.2. The first-order valence-electron chi connectivity index (χ1n) is 7.09. The lowest BCUT2D eigenvalue weighted by Gasteiger charge is -2.24. The summed E-state index contributed by atoms with van der Waals surface area (Å²) in [5.74, 6) is -0.0472. The lowest BCUT2D eigenvalue weighted by atomic mass is 9.85. The third-order valence-electron chi connectivity index (χ3n) is 3.10. The molecule has 0 saturated carbocycles. The van der Waals surface area contributed by atoms with Crippen molar-refractivity contribution in [3.63, 3.8) is 0 Å². The first-order chi connectivity index (χ1) is 10.7. The predicted octanol–water partition coefficient (Wildman–Crippen LogP) is 2.94. The van der Waals surface area contributed by atoms with Crippen LogP contribution in [-0.2, 0) is 26.2 Å². The number of carbonyl (C=O) groups excluding carboxylic acids is 2. The molecule has 5 nitrogen and oxygen atoms in total. The normalized spacial score (nSPS) is 11.4. The predicted molar refractivity (Wildman–Crippen MR) is 97.4 cm³/mol. The van der Waals surface area contributed by atoms with Crippen molar-refractivity contribution in [1.29, 1.82) is 0 Å². The summed E-state index contributed by atoms with van der Waals surface area (Å²) in [5, 5.41) is 2.29. The zero-order chi connectivity index (χ0) is 17.6. The Morgan fingerprint density at radius 3 is 2.43 bits per heavy atom. The van der Waals surface area contributed by atoms with Gasteiger partial charge in [-0.15, -0.1) is 0 Å². The second-order valence-electron chi connectivity index (χ2n) is 6.04. The highest BCUT2D eigenvalue weighted by atomic mass is 127. The smallest absolute Gasteiger partial charge is 0.253 e. The van der Waals surface area contributed by atoms with Crippen molar-refractivity contribution in [3.05, 3.63) is 39.2 Å². The largest absolute Gasteiger partial charge is 0.504 e. The Morgan fingerprint density at radius 1 is 1.26 bits per heavy atom. The Hall–Kier alpha value is -1.57. The van der Waals surface area contributed by atoms with Gasteiger partial charge in [-0.1, -0.05) is 26.8 Å². The third-order valence-corrected chi connectivity index (χ3v) is 3.90. The second-order valence-corrected chi connectivity index (χ2v) is 7.20. The van der Waals surface area contributed by atoms with Gasteiger partial charge in [0, 0.05) is 11.6 Å². The minimum Gasteiger partial charge on any atom is -0.504 e. The van der Waals surface area contributed by atoms with Crippen molar-refractivity contribution in [1.82, 2.24) is 5.32 Å². The molecule has 0 spiro atoms. The molecular formula is C17H22INO4. The molecule has 23 heavy (non-hydrogen) atoms. The van der Waals surface area contributed by atoms with Crippen LogP contribution in [0.25, 0.3) is 0 Å². The first-order valence-corrected chi connectivity index (χ1v) is 8.17. The van der Waals surface area contributed by atoms with Gasteiger partial charge in [0.25, 0.3) is 5.91 Å². The van der Waals surface area contributed by atoms with Gasteiger partial charge >= 0.3 is 0 Å². The summed E-state index contributed by atoms with van der Waals surface area (Å²) >= 11 is 2.19. The number of benzene rings is 1. The molecule has 0 atom stereocenters. The van der Waals surface area contributed by atoms with Gasteiger partial charge in [-0.3, -0.25) is 14.9 Å². The lowest BCUT2D eigenvalue weighted by molar-refractivity contribution is -0.127. The van der Waals surface area contributed by atoms with Gasteiger partial charge in [-0.2, -0.15) is 0 Å². The van der Waals surface area contributed by atoms with E-state index < -0.39 is 5.91 Å². The molecule has 1 rings (SSSR count). The molecule has 0 aromatic heterocycles. The van der Waals surface area contributed by atoms with Gasteiger partial charge in [0.15, 0.2) is 0 Å². The minimum atomic E-state index is -0.504.